The molecule has 0 spiro atoms. The SMILES string of the molecule is Cc1c(NC(=O)COC(=O)CCN2C(=O)[C@H]3[C@H]4CC[C@@H](C4)[C@@H]3C2=O)ccc(Br)c1Cl. The summed E-state index contributed by atoms with van der Waals surface area (Å²) in [6.45, 7) is 1.32. The first kappa shape index (κ1) is 21.3. The van der Waals surface area contributed by atoms with Crippen LogP contribution in [0, 0.1) is 30.6 Å². The molecular weight excluding hydrogens is 476 g/mol. The number of rotatable bonds is 6. The first-order valence-corrected chi connectivity index (χ1v) is 11.2. The summed E-state index contributed by atoms with van der Waals surface area (Å²) in [7, 11) is 0. The number of hydrogen-bond donors (Lipinski definition) is 1. The highest BCUT2D eigenvalue weighted by Gasteiger charge is 2.60. The van der Waals surface area contributed by atoms with E-state index in [1.807, 2.05) is 0 Å². The quantitative estimate of drug-likeness (QED) is 0.481. The number of fused-ring (bicyclic) bond motifs is 5. The first-order chi connectivity index (χ1) is 14.3. The zero-order chi connectivity index (χ0) is 21.6. The number of benzene rings is 1. The van der Waals surface area contributed by atoms with Crippen LogP contribution in [-0.2, 0) is 23.9 Å². The number of likely N-dealkylation sites (tertiary alicyclic amines) is 1. The van der Waals surface area contributed by atoms with Crippen LogP contribution < -0.4 is 5.32 Å². The lowest BCUT2D eigenvalue weighted by molar-refractivity contribution is -0.149. The number of anilines is 1. The minimum atomic E-state index is -0.628. The minimum absolute atomic E-state index is 0.00594. The summed E-state index contributed by atoms with van der Waals surface area (Å²) in [5.74, 6) is -1.19. The van der Waals surface area contributed by atoms with Crippen molar-refractivity contribution in [2.75, 3.05) is 18.5 Å². The normalized spacial score (nSPS) is 26.8. The van der Waals surface area contributed by atoms with Gasteiger partial charge in [-0.2, -0.15) is 0 Å². The summed E-state index contributed by atoms with van der Waals surface area (Å²) in [5, 5.41) is 3.14. The molecule has 3 fully saturated rings. The largest absolute Gasteiger partial charge is 0.456 e. The van der Waals surface area contributed by atoms with E-state index in [2.05, 4.69) is 21.2 Å². The van der Waals surface area contributed by atoms with E-state index in [-0.39, 0.29) is 36.6 Å². The Balaban J connectivity index is 1.25. The first-order valence-electron chi connectivity index (χ1n) is 10.0. The Morgan fingerprint density at radius 2 is 1.83 bits per heavy atom. The average molecular weight is 498 g/mol. The van der Waals surface area contributed by atoms with Crippen LogP contribution in [0.4, 0.5) is 5.69 Å². The number of amides is 3. The third kappa shape index (κ3) is 3.75. The summed E-state index contributed by atoms with van der Waals surface area (Å²) < 4.78 is 5.72. The molecule has 0 unspecified atom stereocenters. The topological polar surface area (TPSA) is 92.8 Å². The van der Waals surface area contributed by atoms with Gasteiger partial charge in [-0.1, -0.05) is 11.6 Å². The molecule has 3 amide bonds. The molecule has 1 saturated heterocycles. The molecule has 160 valence electrons. The van der Waals surface area contributed by atoms with Crippen molar-refractivity contribution in [3.05, 3.63) is 27.2 Å². The van der Waals surface area contributed by atoms with Gasteiger partial charge in [-0.3, -0.25) is 24.1 Å². The lowest BCUT2D eigenvalue weighted by atomic mass is 9.81. The van der Waals surface area contributed by atoms with E-state index >= 15 is 0 Å². The molecule has 2 aliphatic carbocycles. The van der Waals surface area contributed by atoms with Crippen molar-refractivity contribution in [2.24, 2.45) is 23.7 Å². The Morgan fingerprint density at radius 3 is 2.47 bits per heavy atom. The van der Waals surface area contributed by atoms with Gasteiger partial charge in [0.2, 0.25) is 11.8 Å². The standard InChI is InChI=1S/C21H22BrClN2O5/c1-10-14(5-4-13(22)19(10)23)24-15(26)9-30-16(27)6-7-25-20(28)17-11-2-3-12(8-11)18(17)21(25)29/h4-5,11-12,17-18H,2-3,6-9H2,1H3,(H,24,26)/t11-,12-,17-,18-/m0/s1. The number of carbonyl (C=O) groups excluding carboxylic acids is 4. The molecule has 2 saturated carbocycles. The number of imide groups is 1. The summed E-state index contributed by atoms with van der Waals surface area (Å²) in [5.41, 5.74) is 1.22. The molecule has 7 nitrogen and oxygen atoms in total. The predicted molar refractivity (Wildman–Crippen MR) is 113 cm³/mol. The lowest BCUT2D eigenvalue weighted by Gasteiger charge is -2.19. The van der Waals surface area contributed by atoms with Crippen LogP contribution in [0.1, 0.15) is 31.2 Å². The smallest absolute Gasteiger partial charge is 0.308 e. The molecule has 30 heavy (non-hydrogen) atoms. The van der Waals surface area contributed by atoms with E-state index in [0.29, 0.717) is 32.6 Å². The van der Waals surface area contributed by atoms with Crippen molar-refractivity contribution in [3.63, 3.8) is 0 Å². The molecular formula is C21H22BrClN2O5. The third-order valence-corrected chi connectivity index (χ3v) is 7.91. The number of nitrogens with one attached hydrogen (secondary N) is 1. The molecule has 2 bridgehead atoms. The molecule has 1 heterocycles. The van der Waals surface area contributed by atoms with Crippen LogP contribution in [-0.4, -0.2) is 41.7 Å². The van der Waals surface area contributed by atoms with E-state index in [4.69, 9.17) is 16.3 Å². The summed E-state index contributed by atoms with van der Waals surface area (Å²) in [6.07, 6.45) is 2.88. The molecule has 1 aliphatic heterocycles. The molecule has 9 heteroatoms. The Morgan fingerprint density at radius 1 is 1.20 bits per heavy atom. The van der Waals surface area contributed by atoms with Gasteiger partial charge in [0, 0.05) is 16.7 Å². The predicted octanol–water partition coefficient (Wildman–Crippen LogP) is 3.31. The van der Waals surface area contributed by atoms with E-state index < -0.39 is 18.5 Å². The number of nitrogens with zero attached hydrogens (tertiary/aromatic N) is 1. The zero-order valence-corrected chi connectivity index (χ0v) is 18.8. The Hall–Kier alpha value is -1.93. The lowest BCUT2D eigenvalue weighted by Crippen LogP contribution is -2.35. The second-order valence-electron chi connectivity index (χ2n) is 8.21. The van der Waals surface area contributed by atoms with Crippen molar-refractivity contribution >= 4 is 56.9 Å². The molecule has 4 atom stereocenters. The minimum Gasteiger partial charge on any atom is -0.456 e. The number of ether oxygens (including phenoxy) is 1. The molecule has 3 aliphatic rings. The number of halogens is 2. The van der Waals surface area contributed by atoms with Crippen LogP contribution in [0.25, 0.3) is 0 Å². The third-order valence-electron chi connectivity index (χ3n) is 6.54. The molecule has 0 radical (unpaired) electrons. The van der Waals surface area contributed by atoms with Gasteiger partial charge in [-0.15, -0.1) is 0 Å². The van der Waals surface area contributed by atoms with Crippen LogP contribution in [0.2, 0.25) is 5.02 Å². The van der Waals surface area contributed by atoms with Crippen molar-refractivity contribution in [3.8, 4) is 0 Å². The molecule has 4 rings (SSSR count). The van der Waals surface area contributed by atoms with Crippen LogP contribution in [0.15, 0.2) is 16.6 Å². The van der Waals surface area contributed by atoms with E-state index in [9.17, 15) is 19.2 Å². The van der Waals surface area contributed by atoms with Crippen LogP contribution in [0.5, 0.6) is 0 Å². The summed E-state index contributed by atoms with van der Waals surface area (Å²) in [4.78, 5) is 50.6. The fourth-order valence-corrected chi connectivity index (χ4v) is 5.68. The molecule has 0 aromatic heterocycles. The van der Waals surface area contributed by atoms with Gasteiger partial charge in [-0.05, 0) is 71.6 Å². The van der Waals surface area contributed by atoms with Gasteiger partial charge in [0.05, 0.1) is 23.3 Å². The molecule has 1 aromatic rings. The fourth-order valence-electron chi connectivity index (χ4n) is 5.09. The van der Waals surface area contributed by atoms with Gasteiger partial charge in [0.1, 0.15) is 0 Å². The summed E-state index contributed by atoms with van der Waals surface area (Å²) >= 11 is 9.44. The van der Waals surface area contributed by atoms with E-state index in [1.165, 1.54) is 4.90 Å². The van der Waals surface area contributed by atoms with Gasteiger partial charge in [0.15, 0.2) is 6.61 Å². The second-order valence-corrected chi connectivity index (χ2v) is 9.44. The maximum absolute atomic E-state index is 12.6. The highest BCUT2D eigenvalue weighted by molar-refractivity contribution is 9.10. The molecule has 1 N–H and O–H groups in total. The summed E-state index contributed by atoms with van der Waals surface area (Å²) in [6, 6.07) is 3.40. The number of hydrogen-bond acceptors (Lipinski definition) is 5. The maximum atomic E-state index is 12.6. The highest BCUT2D eigenvalue weighted by Crippen LogP contribution is 2.56. The van der Waals surface area contributed by atoms with Gasteiger partial charge in [-0.25, -0.2) is 0 Å². The van der Waals surface area contributed by atoms with Gasteiger partial charge >= 0.3 is 5.97 Å². The van der Waals surface area contributed by atoms with Crippen LogP contribution >= 0.6 is 27.5 Å². The van der Waals surface area contributed by atoms with Crippen LogP contribution in [0.3, 0.4) is 0 Å². The van der Waals surface area contributed by atoms with Crippen molar-refractivity contribution in [1.82, 2.24) is 4.90 Å². The fraction of sp³-hybridized carbons (Fsp3) is 0.524. The maximum Gasteiger partial charge on any atom is 0.308 e. The number of carbonyl (C=O) groups is 4. The Bertz CT molecular complexity index is 908. The highest BCUT2D eigenvalue weighted by atomic mass is 79.9. The molecule has 1 aromatic carbocycles. The van der Waals surface area contributed by atoms with E-state index in [0.717, 1.165) is 19.3 Å². The number of esters is 1. The zero-order valence-electron chi connectivity index (χ0n) is 16.5. The van der Waals surface area contributed by atoms with Crippen molar-refractivity contribution in [1.29, 1.82) is 0 Å². The van der Waals surface area contributed by atoms with E-state index in [1.54, 1.807) is 19.1 Å². The van der Waals surface area contributed by atoms with Crippen molar-refractivity contribution < 1.29 is 23.9 Å². The van der Waals surface area contributed by atoms with Gasteiger partial charge in [0.25, 0.3) is 5.91 Å². The average Bonchev–Trinajstić information content (AvgIpc) is 3.40. The van der Waals surface area contributed by atoms with Gasteiger partial charge < -0.3 is 10.1 Å². The Kier molecular flexibility index (Phi) is 5.90. The second kappa shape index (κ2) is 8.30. The monoisotopic (exact) mass is 496 g/mol. The van der Waals surface area contributed by atoms with Crippen molar-refractivity contribution in [2.45, 2.75) is 32.6 Å². The Labute approximate surface area is 187 Å².